The molecule has 0 heterocycles. The van der Waals surface area contributed by atoms with Gasteiger partial charge in [-0.3, -0.25) is 14.4 Å². The van der Waals surface area contributed by atoms with Gasteiger partial charge in [-0.25, -0.2) is 4.79 Å². The van der Waals surface area contributed by atoms with Crippen LogP contribution in [0.25, 0.3) is 0 Å². The van der Waals surface area contributed by atoms with E-state index in [-0.39, 0.29) is 24.7 Å². The summed E-state index contributed by atoms with van der Waals surface area (Å²) in [5, 5.41) is 8.12. The van der Waals surface area contributed by atoms with Crippen molar-refractivity contribution in [3.63, 3.8) is 0 Å². The molecule has 0 bridgehead atoms. The van der Waals surface area contributed by atoms with Crippen molar-refractivity contribution < 1.29 is 23.9 Å². The average molecular weight is 486 g/mol. The molecule has 0 radical (unpaired) electrons. The third-order valence-corrected chi connectivity index (χ3v) is 5.25. The van der Waals surface area contributed by atoms with Crippen LogP contribution in [0.3, 0.4) is 0 Å². The van der Waals surface area contributed by atoms with Gasteiger partial charge in [0.15, 0.2) is 0 Å². The Morgan fingerprint density at radius 2 is 1.19 bits per heavy atom. The second-order valence-corrected chi connectivity index (χ2v) is 7.78. The zero-order chi connectivity index (χ0) is 25.8. The first-order valence-electron chi connectivity index (χ1n) is 11.3. The number of hydrogen-bond donors (Lipinski definition) is 3. The van der Waals surface area contributed by atoms with Crippen molar-refractivity contribution in [2.75, 3.05) is 7.11 Å². The minimum absolute atomic E-state index is 0.118. The molecule has 8 nitrogen and oxygen atoms in total. The SMILES string of the molecule is COC(=O)[C@H](CC/C(=C/NC(=O)c1ccccc1)NC(=O)c1ccccc1)NC(=O)c1ccccc1. The van der Waals surface area contributed by atoms with Crippen molar-refractivity contribution in [3.05, 3.63) is 120 Å². The van der Waals surface area contributed by atoms with Gasteiger partial charge in [0, 0.05) is 28.6 Å². The van der Waals surface area contributed by atoms with Crippen LogP contribution in [-0.4, -0.2) is 36.8 Å². The molecule has 3 N–H and O–H groups in total. The van der Waals surface area contributed by atoms with Crippen LogP contribution in [0, 0.1) is 0 Å². The van der Waals surface area contributed by atoms with E-state index in [1.54, 1.807) is 91.0 Å². The monoisotopic (exact) mass is 485 g/mol. The predicted octanol–water partition coefficient (Wildman–Crippen LogP) is 3.44. The highest BCUT2D eigenvalue weighted by Gasteiger charge is 2.23. The third-order valence-electron chi connectivity index (χ3n) is 5.25. The molecular weight excluding hydrogens is 458 g/mol. The first-order chi connectivity index (χ1) is 17.5. The van der Waals surface area contributed by atoms with Crippen LogP contribution < -0.4 is 16.0 Å². The number of allylic oxidation sites excluding steroid dienone is 1. The van der Waals surface area contributed by atoms with Crippen molar-refractivity contribution in [1.29, 1.82) is 0 Å². The van der Waals surface area contributed by atoms with Gasteiger partial charge < -0.3 is 20.7 Å². The van der Waals surface area contributed by atoms with E-state index in [1.807, 2.05) is 0 Å². The molecule has 3 rings (SSSR count). The molecule has 0 saturated heterocycles. The topological polar surface area (TPSA) is 114 Å². The maximum Gasteiger partial charge on any atom is 0.328 e. The quantitative estimate of drug-likeness (QED) is 0.381. The fourth-order valence-corrected chi connectivity index (χ4v) is 3.33. The summed E-state index contributed by atoms with van der Waals surface area (Å²) < 4.78 is 4.86. The van der Waals surface area contributed by atoms with Crippen LogP contribution in [0.15, 0.2) is 103 Å². The summed E-state index contributed by atoms with van der Waals surface area (Å²) in [4.78, 5) is 50.2. The lowest BCUT2D eigenvalue weighted by atomic mass is 10.1. The zero-order valence-corrected chi connectivity index (χ0v) is 19.8. The predicted molar refractivity (Wildman–Crippen MR) is 135 cm³/mol. The molecule has 0 aliphatic rings. The fraction of sp³-hybridized carbons (Fsp3) is 0.143. The average Bonchev–Trinajstić information content (AvgIpc) is 2.94. The molecule has 0 saturated carbocycles. The van der Waals surface area contributed by atoms with Crippen LogP contribution in [0.4, 0.5) is 0 Å². The lowest BCUT2D eigenvalue weighted by Gasteiger charge is -2.18. The summed E-state index contributed by atoms with van der Waals surface area (Å²) in [5.74, 6) is -1.79. The van der Waals surface area contributed by atoms with Crippen molar-refractivity contribution in [3.8, 4) is 0 Å². The number of benzene rings is 3. The Morgan fingerprint density at radius 1 is 0.722 bits per heavy atom. The molecule has 0 unspecified atom stereocenters. The van der Waals surface area contributed by atoms with E-state index >= 15 is 0 Å². The molecule has 0 fully saturated rings. The van der Waals surface area contributed by atoms with E-state index in [4.69, 9.17) is 4.74 Å². The van der Waals surface area contributed by atoms with Gasteiger partial charge in [0.25, 0.3) is 17.7 Å². The van der Waals surface area contributed by atoms with Crippen molar-refractivity contribution >= 4 is 23.7 Å². The molecule has 36 heavy (non-hydrogen) atoms. The third kappa shape index (κ3) is 7.66. The number of hydrogen-bond acceptors (Lipinski definition) is 5. The summed E-state index contributed by atoms with van der Waals surface area (Å²) >= 11 is 0. The van der Waals surface area contributed by atoms with Gasteiger partial charge in [-0.1, -0.05) is 54.6 Å². The van der Waals surface area contributed by atoms with E-state index in [9.17, 15) is 19.2 Å². The second kappa shape index (κ2) is 13.2. The van der Waals surface area contributed by atoms with Gasteiger partial charge in [0.05, 0.1) is 7.11 Å². The largest absolute Gasteiger partial charge is 0.467 e. The highest BCUT2D eigenvalue weighted by molar-refractivity contribution is 5.97. The van der Waals surface area contributed by atoms with Gasteiger partial charge >= 0.3 is 5.97 Å². The molecule has 3 amide bonds. The number of methoxy groups -OCH3 is 1. The highest BCUT2D eigenvalue weighted by atomic mass is 16.5. The molecular formula is C28H27N3O5. The smallest absolute Gasteiger partial charge is 0.328 e. The van der Waals surface area contributed by atoms with Crippen molar-refractivity contribution in [1.82, 2.24) is 16.0 Å². The number of ether oxygens (including phenoxy) is 1. The summed E-state index contributed by atoms with van der Waals surface area (Å²) in [6.45, 7) is 0. The molecule has 0 aliphatic carbocycles. The van der Waals surface area contributed by atoms with Gasteiger partial charge in [-0.05, 0) is 49.2 Å². The van der Waals surface area contributed by atoms with Crippen LogP contribution in [0.2, 0.25) is 0 Å². The zero-order valence-electron chi connectivity index (χ0n) is 19.8. The Bertz CT molecular complexity index is 1210. The molecule has 0 spiro atoms. The van der Waals surface area contributed by atoms with Crippen LogP contribution >= 0.6 is 0 Å². The highest BCUT2D eigenvalue weighted by Crippen LogP contribution is 2.10. The van der Waals surface area contributed by atoms with Crippen LogP contribution in [0.1, 0.15) is 43.9 Å². The number of carbonyl (C=O) groups is 4. The number of carbonyl (C=O) groups excluding carboxylic acids is 4. The minimum Gasteiger partial charge on any atom is -0.467 e. The van der Waals surface area contributed by atoms with E-state index in [0.717, 1.165) is 0 Å². The molecule has 3 aromatic rings. The summed E-state index contributed by atoms with van der Waals surface area (Å²) in [6, 6.07) is 24.7. The Labute approximate surface area is 209 Å². The normalized spacial score (nSPS) is 11.6. The standard InChI is InChI=1S/C28H27N3O5/c1-36-28(35)24(31-27(34)22-15-9-4-10-16-22)18-17-23(30-26(33)21-13-7-3-8-14-21)19-29-25(32)20-11-5-2-6-12-20/h2-16,19,24H,17-18H2,1H3,(H,29,32)(H,30,33)(H,31,34)/b23-19-/t24-/m0/s1. The van der Waals surface area contributed by atoms with Crippen molar-refractivity contribution in [2.24, 2.45) is 0 Å². The number of esters is 1. The molecule has 0 aromatic heterocycles. The maximum absolute atomic E-state index is 12.7. The first-order valence-corrected chi connectivity index (χ1v) is 11.3. The number of amides is 3. The van der Waals surface area contributed by atoms with Gasteiger partial charge in [-0.2, -0.15) is 0 Å². The van der Waals surface area contributed by atoms with Gasteiger partial charge in [0.1, 0.15) is 6.04 Å². The number of rotatable bonds is 10. The summed E-state index contributed by atoms with van der Waals surface area (Å²) in [7, 11) is 1.23. The molecule has 1 atom stereocenters. The van der Waals surface area contributed by atoms with E-state index in [1.165, 1.54) is 13.3 Å². The fourth-order valence-electron chi connectivity index (χ4n) is 3.33. The lowest BCUT2D eigenvalue weighted by molar-refractivity contribution is -0.143. The first kappa shape index (κ1) is 25.9. The van der Waals surface area contributed by atoms with E-state index in [2.05, 4.69) is 16.0 Å². The van der Waals surface area contributed by atoms with Crippen LogP contribution in [0.5, 0.6) is 0 Å². The van der Waals surface area contributed by atoms with E-state index < -0.39 is 17.9 Å². The Hall–Kier alpha value is -4.72. The van der Waals surface area contributed by atoms with Crippen LogP contribution in [-0.2, 0) is 9.53 Å². The Morgan fingerprint density at radius 3 is 1.69 bits per heavy atom. The maximum atomic E-state index is 12.7. The lowest BCUT2D eigenvalue weighted by Crippen LogP contribution is -2.42. The Kier molecular flexibility index (Phi) is 9.52. The molecule has 3 aromatic carbocycles. The van der Waals surface area contributed by atoms with Gasteiger partial charge in [0.2, 0.25) is 0 Å². The van der Waals surface area contributed by atoms with Crippen molar-refractivity contribution in [2.45, 2.75) is 18.9 Å². The minimum atomic E-state index is -0.968. The number of nitrogens with one attached hydrogen (secondary N) is 3. The Balaban J connectivity index is 1.75. The second-order valence-electron chi connectivity index (χ2n) is 7.78. The molecule has 8 heteroatoms. The molecule has 0 aliphatic heterocycles. The van der Waals surface area contributed by atoms with Gasteiger partial charge in [-0.15, -0.1) is 0 Å². The summed E-state index contributed by atoms with van der Waals surface area (Å²) in [6.07, 6.45) is 1.67. The summed E-state index contributed by atoms with van der Waals surface area (Å²) in [5.41, 5.74) is 1.63. The molecule has 184 valence electrons. The van der Waals surface area contributed by atoms with E-state index in [0.29, 0.717) is 22.4 Å².